The number of ether oxygens (including phenoxy) is 2. The van der Waals surface area contributed by atoms with Gasteiger partial charge in [0.1, 0.15) is 5.75 Å². The SMILES string of the molecule is Cc1cccc(O[C@@H](C)C(=O)O[C@@H](C)C(=O)NC(=O)NC(C)(C)C)c1. The third kappa shape index (κ3) is 7.69. The monoisotopic (exact) mass is 350 g/mol. The fourth-order valence-corrected chi connectivity index (χ4v) is 1.85. The van der Waals surface area contributed by atoms with Gasteiger partial charge < -0.3 is 14.8 Å². The van der Waals surface area contributed by atoms with Crippen LogP contribution >= 0.6 is 0 Å². The number of hydrogen-bond acceptors (Lipinski definition) is 5. The summed E-state index contributed by atoms with van der Waals surface area (Å²) in [4.78, 5) is 35.6. The van der Waals surface area contributed by atoms with Gasteiger partial charge in [-0.3, -0.25) is 10.1 Å². The molecule has 2 N–H and O–H groups in total. The van der Waals surface area contributed by atoms with Crippen molar-refractivity contribution in [2.24, 2.45) is 0 Å². The highest BCUT2D eigenvalue weighted by atomic mass is 16.6. The first-order chi connectivity index (χ1) is 11.5. The molecule has 0 aromatic heterocycles. The van der Waals surface area contributed by atoms with Crippen molar-refractivity contribution in [1.29, 1.82) is 0 Å². The number of imide groups is 1. The van der Waals surface area contributed by atoms with Crippen LogP contribution < -0.4 is 15.4 Å². The average Bonchev–Trinajstić information content (AvgIpc) is 2.44. The predicted octanol–water partition coefficient (Wildman–Crippen LogP) is 2.32. The second-order valence-electron chi connectivity index (χ2n) is 6.85. The molecule has 7 heteroatoms. The van der Waals surface area contributed by atoms with Crippen LogP contribution in [0.1, 0.15) is 40.2 Å². The van der Waals surface area contributed by atoms with Crippen LogP contribution in [0.25, 0.3) is 0 Å². The van der Waals surface area contributed by atoms with Gasteiger partial charge in [-0.25, -0.2) is 9.59 Å². The molecule has 0 aliphatic carbocycles. The number of urea groups is 1. The van der Waals surface area contributed by atoms with Gasteiger partial charge in [-0.2, -0.15) is 0 Å². The maximum absolute atomic E-state index is 12.0. The predicted molar refractivity (Wildman–Crippen MR) is 93.3 cm³/mol. The number of nitrogens with one attached hydrogen (secondary N) is 2. The van der Waals surface area contributed by atoms with E-state index in [1.807, 2.05) is 19.1 Å². The number of rotatable bonds is 5. The fraction of sp³-hybridized carbons (Fsp3) is 0.500. The molecule has 0 fully saturated rings. The molecule has 1 aromatic carbocycles. The third-order valence-electron chi connectivity index (χ3n) is 3.02. The first-order valence-corrected chi connectivity index (χ1v) is 8.05. The van der Waals surface area contributed by atoms with Crippen molar-refractivity contribution in [3.05, 3.63) is 29.8 Å². The standard InChI is InChI=1S/C18H26N2O5/c1-11-8-7-9-14(10-11)24-13(3)16(22)25-12(2)15(21)19-17(23)20-18(4,5)6/h7-10,12-13H,1-6H3,(H2,19,20,21,23)/t12-,13-/m0/s1. The van der Waals surface area contributed by atoms with Crippen LogP contribution in [0.2, 0.25) is 0 Å². The highest BCUT2D eigenvalue weighted by Gasteiger charge is 2.25. The summed E-state index contributed by atoms with van der Waals surface area (Å²) in [5, 5.41) is 4.71. The molecule has 0 saturated carbocycles. The van der Waals surface area contributed by atoms with Gasteiger partial charge in [0, 0.05) is 5.54 Å². The van der Waals surface area contributed by atoms with Gasteiger partial charge >= 0.3 is 12.0 Å². The van der Waals surface area contributed by atoms with E-state index in [1.165, 1.54) is 13.8 Å². The Kier molecular flexibility index (Phi) is 6.97. The zero-order valence-corrected chi connectivity index (χ0v) is 15.5. The van der Waals surface area contributed by atoms with Gasteiger partial charge in [-0.05, 0) is 59.2 Å². The lowest BCUT2D eigenvalue weighted by atomic mass is 10.1. The van der Waals surface area contributed by atoms with E-state index in [1.54, 1.807) is 32.9 Å². The minimum Gasteiger partial charge on any atom is -0.479 e. The fourth-order valence-electron chi connectivity index (χ4n) is 1.85. The van der Waals surface area contributed by atoms with E-state index in [9.17, 15) is 14.4 Å². The number of benzene rings is 1. The minimum atomic E-state index is -1.12. The van der Waals surface area contributed by atoms with Crippen LogP contribution in [-0.2, 0) is 14.3 Å². The molecular weight excluding hydrogens is 324 g/mol. The van der Waals surface area contributed by atoms with Crippen LogP contribution in [0, 0.1) is 6.92 Å². The molecule has 0 radical (unpaired) electrons. The Labute approximate surface area is 148 Å². The second-order valence-corrected chi connectivity index (χ2v) is 6.85. The Hall–Kier alpha value is -2.57. The van der Waals surface area contributed by atoms with Crippen molar-refractivity contribution < 1.29 is 23.9 Å². The van der Waals surface area contributed by atoms with Crippen LogP contribution in [0.5, 0.6) is 5.75 Å². The molecule has 25 heavy (non-hydrogen) atoms. The molecule has 0 bridgehead atoms. The van der Waals surface area contributed by atoms with E-state index in [0.29, 0.717) is 5.75 Å². The molecule has 1 aromatic rings. The summed E-state index contributed by atoms with van der Waals surface area (Å²) in [6.07, 6.45) is -2.01. The molecule has 1 rings (SSSR count). The van der Waals surface area contributed by atoms with E-state index >= 15 is 0 Å². The first kappa shape index (κ1) is 20.5. The van der Waals surface area contributed by atoms with Crippen molar-refractivity contribution in [1.82, 2.24) is 10.6 Å². The number of carbonyl (C=O) groups excluding carboxylic acids is 3. The number of esters is 1. The Morgan fingerprint density at radius 3 is 2.28 bits per heavy atom. The first-order valence-electron chi connectivity index (χ1n) is 8.05. The summed E-state index contributed by atoms with van der Waals surface area (Å²) < 4.78 is 10.6. The van der Waals surface area contributed by atoms with E-state index in [2.05, 4.69) is 10.6 Å². The largest absolute Gasteiger partial charge is 0.479 e. The molecule has 7 nitrogen and oxygen atoms in total. The van der Waals surface area contributed by atoms with Crippen molar-refractivity contribution in [3.8, 4) is 5.75 Å². The quantitative estimate of drug-likeness (QED) is 0.795. The number of amides is 3. The molecular formula is C18H26N2O5. The summed E-state index contributed by atoms with van der Waals surface area (Å²) in [5.41, 5.74) is 0.510. The number of aryl methyl sites for hydroxylation is 1. The van der Waals surface area contributed by atoms with Crippen LogP contribution in [0.15, 0.2) is 24.3 Å². The average molecular weight is 350 g/mol. The normalized spacial score (nSPS) is 13.4. The van der Waals surface area contributed by atoms with Gasteiger partial charge in [-0.1, -0.05) is 12.1 Å². The van der Waals surface area contributed by atoms with E-state index < -0.39 is 35.7 Å². The summed E-state index contributed by atoms with van der Waals surface area (Å²) >= 11 is 0. The maximum atomic E-state index is 12.0. The minimum absolute atomic E-state index is 0.486. The highest BCUT2D eigenvalue weighted by molar-refractivity contribution is 5.97. The van der Waals surface area contributed by atoms with Gasteiger partial charge in [0.15, 0.2) is 12.2 Å². The van der Waals surface area contributed by atoms with Crippen LogP contribution in [-0.4, -0.2) is 35.7 Å². The van der Waals surface area contributed by atoms with E-state index in [-0.39, 0.29) is 0 Å². The summed E-state index contributed by atoms with van der Waals surface area (Å²) in [7, 11) is 0. The molecule has 0 heterocycles. The van der Waals surface area contributed by atoms with E-state index in [4.69, 9.17) is 9.47 Å². The zero-order valence-electron chi connectivity index (χ0n) is 15.5. The summed E-state index contributed by atoms with van der Waals surface area (Å²) in [6.45, 7) is 10.2. The molecule has 0 spiro atoms. The Morgan fingerprint density at radius 2 is 1.72 bits per heavy atom. The topological polar surface area (TPSA) is 93.7 Å². The maximum Gasteiger partial charge on any atom is 0.347 e. The molecule has 0 saturated heterocycles. The summed E-state index contributed by atoms with van der Waals surface area (Å²) in [5.74, 6) is -0.871. The Balaban J connectivity index is 2.51. The van der Waals surface area contributed by atoms with Crippen LogP contribution in [0.4, 0.5) is 4.79 Å². The van der Waals surface area contributed by atoms with Gasteiger partial charge in [-0.15, -0.1) is 0 Å². The van der Waals surface area contributed by atoms with Crippen molar-refractivity contribution in [2.75, 3.05) is 0 Å². The smallest absolute Gasteiger partial charge is 0.347 e. The van der Waals surface area contributed by atoms with Crippen molar-refractivity contribution >= 4 is 17.9 Å². The molecule has 138 valence electrons. The third-order valence-corrected chi connectivity index (χ3v) is 3.02. The summed E-state index contributed by atoms with van der Waals surface area (Å²) in [6, 6.07) is 6.59. The highest BCUT2D eigenvalue weighted by Crippen LogP contribution is 2.15. The van der Waals surface area contributed by atoms with Gasteiger partial charge in [0.25, 0.3) is 5.91 Å². The van der Waals surface area contributed by atoms with E-state index in [0.717, 1.165) is 5.56 Å². The lowest BCUT2D eigenvalue weighted by molar-refractivity contribution is -0.160. The van der Waals surface area contributed by atoms with Crippen molar-refractivity contribution in [3.63, 3.8) is 0 Å². The Morgan fingerprint density at radius 1 is 1.08 bits per heavy atom. The van der Waals surface area contributed by atoms with Crippen LogP contribution in [0.3, 0.4) is 0 Å². The zero-order chi connectivity index (χ0) is 19.2. The molecule has 2 atom stereocenters. The number of hydrogen-bond donors (Lipinski definition) is 2. The lowest BCUT2D eigenvalue weighted by Crippen LogP contribution is -2.51. The Bertz CT molecular complexity index is 637. The molecule has 0 aliphatic heterocycles. The van der Waals surface area contributed by atoms with Gasteiger partial charge in [0.2, 0.25) is 0 Å². The molecule has 0 unspecified atom stereocenters. The molecule has 0 aliphatic rings. The lowest BCUT2D eigenvalue weighted by Gasteiger charge is -2.21. The second kappa shape index (κ2) is 8.50. The molecule has 3 amide bonds. The number of carbonyl (C=O) groups is 3. The van der Waals surface area contributed by atoms with Crippen molar-refractivity contribution in [2.45, 2.75) is 59.3 Å². The van der Waals surface area contributed by atoms with Gasteiger partial charge in [0.05, 0.1) is 0 Å².